The summed E-state index contributed by atoms with van der Waals surface area (Å²) in [6, 6.07) is 9.16. The molecule has 1 aliphatic rings. The van der Waals surface area contributed by atoms with Crippen LogP contribution in [0.4, 0.5) is 0 Å². The zero-order valence-electron chi connectivity index (χ0n) is 13.9. The lowest BCUT2D eigenvalue weighted by molar-refractivity contribution is 0.250. The van der Waals surface area contributed by atoms with E-state index in [9.17, 15) is 0 Å². The number of para-hydroxylation sites is 1. The summed E-state index contributed by atoms with van der Waals surface area (Å²) in [5.74, 6) is 2.43. The maximum absolute atomic E-state index is 6.02. The Balaban J connectivity index is 1.78. The van der Waals surface area contributed by atoms with E-state index < -0.39 is 0 Å². The Morgan fingerprint density at radius 1 is 1.24 bits per heavy atom. The third-order valence-corrected chi connectivity index (χ3v) is 4.94. The van der Waals surface area contributed by atoms with E-state index in [1.807, 2.05) is 0 Å². The fourth-order valence-electron chi connectivity index (χ4n) is 3.26. The molecule has 118 valence electrons. The molecule has 0 radical (unpaired) electrons. The standard InChI is InChI=1S/C19H31NO/c1-4-15(2)17-10-6-8-12-19(17)21-14-13-20-18-11-7-5-9-16(18)3/h6,8,10,12,15-16,18,20H,4-5,7,9,11,13-14H2,1-3H3. The Bertz CT molecular complexity index is 418. The van der Waals surface area contributed by atoms with Gasteiger partial charge >= 0.3 is 0 Å². The Labute approximate surface area is 130 Å². The maximum Gasteiger partial charge on any atom is 0.122 e. The first-order valence-corrected chi connectivity index (χ1v) is 8.67. The van der Waals surface area contributed by atoms with Crippen molar-refractivity contribution in [2.75, 3.05) is 13.2 Å². The highest BCUT2D eigenvalue weighted by Gasteiger charge is 2.20. The highest BCUT2D eigenvalue weighted by molar-refractivity contribution is 5.35. The van der Waals surface area contributed by atoms with Crippen molar-refractivity contribution in [3.05, 3.63) is 29.8 Å². The average molecular weight is 289 g/mol. The molecule has 1 N–H and O–H groups in total. The molecule has 0 heterocycles. The van der Waals surface area contributed by atoms with Gasteiger partial charge < -0.3 is 10.1 Å². The van der Waals surface area contributed by atoms with E-state index in [-0.39, 0.29) is 0 Å². The molecule has 1 aromatic rings. The lowest BCUT2D eigenvalue weighted by Crippen LogP contribution is -2.39. The number of hydrogen-bond acceptors (Lipinski definition) is 2. The number of rotatable bonds is 7. The van der Waals surface area contributed by atoms with Crippen LogP contribution in [0.3, 0.4) is 0 Å². The quantitative estimate of drug-likeness (QED) is 0.732. The van der Waals surface area contributed by atoms with Crippen molar-refractivity contribution in [3.63, 3.8) is 0 Å². The molecule has 21 heavy (non-hydrogen) atoms. The predicted molar refractivity (Wildman–Crippen MR) is 90.1 cm³/mol. The van der Waals surface area contributed by atoms with E-state index in [1.54, 1.807) is 0 Å². The first kappa shape index (κ1) is 16.4. The van der Waals surface area contributed by atoms with Gasteiger partial charge in [0.05, 0.1) is 0 Å². The molecular formula is C19H31NO. The van der Waals surface area contributed by atoms with Crippen LogP contribution in [-0.4, -0.2) is 19.2 Å². The summed E-state index contributed by atoms with van der Waals surface area (Å²) in [6.45, 7) is 8.58. The molecule has 1 saturated carbocycles. The Morgan fingerprint density at radius 2 is 2.00 bits per heavy atom. The predicted octanol–water partition coefficient (Wildman–Crippen LogP) is 4.75. The molecule has 3 atom stereocenters. The summed E-state index contributed by atoms with van der Waals surface area (Å²) < 4.78 is 6.02. The van der Waals surface area contributed by atoms with Crippen molar-refractivity contribution in [1.82, 2.24) is 5.32 Å². The van der Waals surface area contributed by atoms with Crippen molar-refractivity contribution in [2.24, 2.45) is 5.92 Å². The normalized spacial score (nSPS) is 23.8. The Morgan fingerprint density at radius 3 is 2.76 bits per heavy atom. The van der Waals surface area contributed by atoms with Gasteiger partial charge in [-0.3, -0.25) is 0 Å². The van der Waals surface area contributed by atoms with Gasteiger partial charge in [0.2, 0.25) is 0 Å². The van der Waals surface area contributed by atoms with Crippen LogP contribution in [0.2, 0.25) is 0 Å². The Kier molecular flexibility index (Phi) is 6.56. The molecule has 0 spiro atoms. The second kappa shape index (κ2) is 8.43. The van der Waals surface area contributed by atoms with Gasteiger partial charge in [-0.1, -0.05) is 51.8 Å². The zero-order valence-corrected chi connectivity index (χ0v) is 13.9. The zero-order chi connectivity index (χ0) is 15.1. The van der Waals surface area contributed by atoms with E-state index in [2.05, 4.69) is 50.4 Å². The highest BCUT2D eigenvalue weighted by atomic mass is 16.5. The molecule has 0 bridgehead atoms. The molecule has 2 rings (SSSR count). The second-order valence-electron chi connectivity index (χ2n) is 6.52. The monoisotopic (exact) mass is 289 g/mol. The topological polar surface area (TPSA) is 21.3 Å². The molecule has 1 aliphatic carbocycles. The van der Waals surface area contributed by atoms with Gasteiger partial charge in [0.1, 0.15) is 12.4 Å². The van der Waals surface area contributed by atoms with Crippen molar-refractivity contribution >= 4 is 0 Å². The third-order valence-electron chi connectivity index (χ3n) is 4.94. The van der Waals surface area contributed by atoms with Gasteiger partial charge in [0, 0.05) is 12.6 Å². The van der Waals surface area contributed by atoms with Crippen LogP contribution < -0.4 is 10.1 Å². The minimum absolute atomic E-state index is 0.563. The lowest BCUT2D eigenvalue weighted by Gasteiger charge is -2.29. The van der Waals surface area contributed by atoms with Crippen molar-refractivity contribution in [3.8, 4) is 5.75 Å². The minimum Gasteiger partial charge on any atom is -0.492 e. The number of nitrogens with one attached hydrogen (secondary N) is 1. The van der Waals surface area contributed by atoms with Crippen LogP contribution in [0.15, 0.2) is 24.3 Å². The first-order valence-electron chi connectivity index (χ1n) is 8.67. The molecule has 3 unspecified atom stereocenters. The summed E-state index contributed by atoms with van der Waals surface area (Å²) in [5, 5.41) is 3.68. The second-order valence-corrected chi connectivity index (χ2v) is 6.52. The van der Waals surface area contributed by atoms with Gasteiger partial charge in [-0.05, 0) is 42.7 Å². The van der Waals surface area contributed by atoms with Crippen LogP contribution >= 0.6 is 0 Å². The van der Waals surface area contributed by atoms with E-state index in [4.69, 9.17) is 4.74 Å². The fourth-order valence-corrected chi connectivity index (χ4v) is 3.26. The third kappa shape index (κ3) is 4.74. The molecule has 1 aromatic carbocycles. The summed E-state index contributed by atoms with van der Waals surface area (Å²) in [7, 11) is 0. The molecule has 2 heteroatoms. The maximum atomic E-state index is 6.02. The molecule has 0 amide bonds. The first-order chi connectivity index (χ1) is 10.2. The summed E-state index contributed by atoms with van der Waals surface area (Å²) >= 11 is 0. The van der Waals surface area contributed by atoms with Gasteiger partial charge in [-0.2, -0.15) is 0 Å². The number of hydrogen-bond donors (Lipinski definition) is 1. The van der Waals surface area contributed by atoms with E-state index in [1.165, 1.54) is 31.2 Å². The summed E-state index contributed by atoms with van der Waals surface area (Å²) in [6.07, 6.45) is 6.62. The van der Waals surface area contributed by atoms with E-state index in [0.717, 1.165) is 31.2 Å². The van der Waals surface area contributed by atoms with Crippen LogP contribution in [0.25, 0.3) is 0 Å². The summed E-state index contributed by atoms with van der Waals surface area (Å²) in [4.78, 5) is 0. The van der Waals surface area contributed by atoms with Crippen molar-refractivity contribution in [2.45, 2.75) is 64.8 Å². The number of ether oxygens (including phenoxy) is 1. The van der Waals surface area contributed by atoms with Crippen molar-refractivity contribution in [1.29, 1.82) is 0 Å². The molecule has 2 nitrogen and oxygen atoms in total. The van der Waals surface area contributed by atoms with Crippen LogP contribution in [0.1, 0.15) is 64.4 Å². The highest BCUT2D eigenvalue weighted by Crippen LogP contribution is 2.28. The van der Waals surface area contributed by atoms with E-state index in [0.29, 0.717) is 12.0 Å². The van der Waals surface area contributed by atoms with Crippen LogP contribution in [-0.2, 0) is 0 Å². The SMILES string of the molecule is CCC(C)c1ccccc1OCCNC1CCCCC1C. The smallest absolute Gasteiger partial charge is 0.122 e. The fraction of sp³-hybridized carbons (Fsp3) is 0.684. The van der Waals surface area contributed by atoms with Gasteiger partial charge in [0.15, 0.2) is 0 Å². The van der Waals surface area contributed by atoms with Gasteiger partial charge in [0.25, 0.3) is 0 Å². The van der Waals surface area contributed by atoms with Crippen LogP contribution in [0, 0.1) is 5.92 Å². The largest absolute Gasteiger partial charge is 0.492 e. The average Bonchev–Trinajstić information content (AvgIpc) is 2.52. The molecular weight excluding hydrogens is 258 g/mol. The van der Waals surface area contributed by atoms with Crippen molar-refractivity contribution < 1.29 is 4.74 Å². The summed E-state index contributed by atoms with van der Waals surface area (Å²) in [5.41, 5.74) is 1.34. The Hall–Kier alpha value is -1.02. The molecule has 0 aliphatic heterocycles. The minimum atomic E-state index is 0.563. The molecule has 0 aromatic heterocycles. The van der Waals surface area contributed by atoms with Crippen LogP contribution in [0.5, 0.6) is 5.75 Å². The molecule has 0 saturated heterocycles. The van der Waals surface area contributed by atoms with E-state index >= 15 is 0 Å². The molecule has 1 fully saturated rings. The number of benzene rings is 1. The van der Waals surface area contributed by atoms with Gasteiger partial charge in [-0.15, -0.1) is 0 Å². The lowest BCUT2D eigenvalue weighted by atomic mass is 9.86. The van der Waals surface area contributed by atoms with Gasteiger partial charge in [-0.25, -0.2) is 0 Å².